The molecular weight excluding hydrogens is 248 g/mol. The molecule has 1 amide bonds. The van der Waals surface area contributed by atoms with E-state index < -0.39 is 6.04 Å². The zero-order valence-electron chi connectivity index (χ0n) is 10.6. The summed E-state index contributed by atoms with van der Waals surface area (Å²) in [5.74, 6) is -0.211. The number of aromatic nitrogens is 2. The molecule has 2 aromatic rings. The first-order valence-electron chi connectivity index (χ1n) is 5.60. The third kappa shape index (κ3) is 2.30. The normalized spacial score (nSPS) is 12.4. The Hall–Kier alpha value is -1.66. The van der Waals surface area contributed by atoms with Crippen molar-refractivity contribution in [1.29, 1.82) is 0 Å². The second kappa shape index (κ2) is 4.91. The van der Waals surface area contributed by atoms with Gasteiger partial charge in [-0.2, -0.15) is 5.10 Å². The predicted molar refractivity (Wildman–Crippen MR) is 72.6 cm³/mol. The topological polar surface area (TPSA) is 72.9 Å². The first-order chi connectivity index (χ1) is 8.50. The summed E-state index contributed by atoms with van der Waals surface area (Å²) < 4.78 is 1.74. The van der Waals surface area contributed by atoms with E-state index >= 15 is 0 Å². The van der Waals surface area contributed by atoms with Crippen molar-refractivity contribution in [3.8, 4) is 0 Å². The predicted octanol–water partition coefficient (Wildman–Crippen LogP) is 1.74. The van der Waals surface area contributed by atoms with E-state index in [4.69, 9.17) is 5.73 Å². The number of hydrogen-bond acceptors (Lipinski definition) is 4. The highest BCUT2D eigenvalue weighted by molar-refractivity contribution is 7.10. The number of nitrogens with two attached hydrogens (primary N) is 1. The van der Waals surface area contributed by atoms with Crippen molar-refractivity contribution < 1.29 is 4.79 Å². The Labute approximate surface area is 110 Å². The highest BCUT2D eigenvalue weighted by Gasteiger charge is 2.19. The van der Waals surface area contributed by atoms with Crippen LogP contribution in [-0.4, -0.2) is 15.7 Å². The summed E-state index contributed by atoms with van der Waals surface area (Å²) in [5, 5.41) is 9.00. The molecule has 18 heavy (non-hydrogen) atoms. The fraction of sp³-hybridized carbons (Fsp3) is 0.333. The summed E-state index contributed by atoms with van der Waals surface area (Å²) in [4.78, 5) is 12.9. The molecule has 0 aliphatic heterocycles. The molecule has 0 saturated heterocycles. The molecule has 3 N–H and O–H groups in total. The van der Waals surface area contributed by atoms with E-state index in [9.17, 15) is 4.79 Å². The van der Waals surface area contributed by atoms with Gasteiger partial charge in [-0.1, -0.05) is 6.07 Å². The molecule has 0 aliphatic rings. The van der Waals surface area contributed by atoms with Crippen LogP contribution in [0, 0.1) is 13.8 Å². The molecule has 6 heteroatoms. The molecule has 0 radical (unpaired) electrons. The Morgan fingerprint density at radius 2 is 2.28 bits per heavy atom. The first-order valence-corrected chi connectivity index (χ1v) is 6.48. The number of carbonyl (C=O) groups excluding carboxylic acids is 1. The Balaban J connectivity index is 2.17. The molecule has 0 bridgehead atoms. The lowest BCUT2D eigenvalue weighted by molar-refractivity contribution is -0.117. The summed E-state index contributed by atoms with van der Waals surface area (Å²) in [6.45, 7) is 3.77. The highest BCUT2D eigenvalue weighted by Crippen LogP contribution is 2.22. The fourth-order valence-electron chi connectivity index (χ4n) is 1.75. The van der Waals surface area contributed by atoms with Crippen molar-refractivity contribution in [3.05, 3.63) is 33.8 Å². The molecular formula is C12H16N4OS. The number of nitrogens with one attached hydrogen (secondary N) is 1. The lowest BCUT2D eigenvalue weighted by atomic mass is 10.2. The maximum Gasteiger partial charge on any atom is 0.246 e. The quantitative estimate of drug-likeness (QED) is 0.886. The van der Waals surface area contributed by atoms with E-state index in [1.54, 1.807) is 4.68 Å². The summed E-state index contributed by atoms with van der Waals surface area (Å²) in [6.07, 6.45) is 0. The lowest BCUT2D eigenvalue weighted by Gasteiger charge is -2.10. The molecule has 0 saturated carbocycles. The number of rotatable bonds is 3. The van der Waals surface area contributed by atoms with E-state index in [2.05, 4.69) is 10.4 Å². The van der Waals surface area contributed by atoms with Crippen molar-refractivity contribution in [3.63, 3.8) is 0 Å². The van der Waals surface area contributed by atoms with Gasteiger partial charge in [0.15, 0.2) is 0 Å². The van der Waals surface area contributed by atoms with Crippen molar-refractivity contribution in [2.45, 2.75) is 19.9 Å². The molecule has 0 spiro atoms. The molecule has 0 fully saturated rings. The van der Waals surface area contributed by atoms with Gasteiger partial charge < -0.3 is 11.1 Å². The van der Waals surface area contributed by atoms with Crippen LogP contribution in [0.5, 0.6) is 0 Å². The Morgan fingerprint density at radius 3 is 2.78 bits per heavy atom. The van der Waals surface area contributed by atoms with Crippen molar-refractivity contribution in [2.24, 2.45) is 12.8 Å². The number of hydrogen-bond donors (Lipinski definition) is 2. The van der Waals surface area contributed by atoms with Gasteiger partial charge in [0, 0.05) is 11.9 Å². The van der Waals surface area contributed by atoms with E-state index in [-0.39, 0.29) is 5.91 Å². The monoisotopic (exact) mass is 264 g/mol. The number of carbonyl (C=O) groups is 1. The number of amides is 1. The van der Waals surface area contributed by atoms with Gasteiger partial charge in [0.05, 0.1) is 17.1 Å². The highest BCUT2D eigenvalue weighted by atomic mass is 32.1. The van der Waals surface area contributed by atoms with Gasteiger partial charge in [-0.3, -0.25) is 9.48 Å². The van der Waals surface area contributed by atoms with Crippen molar-refractivity contribution >= 4 is 22.9 Å². The summed E-state index contributed by atoms with van der Waals surface area (Å²) in [7, 11) is 1.84. The number of anilines is 1. The second-order valence-electron chi connectivity index (χ2n) is 4.15. The summed E-state index contributed by atoms with van der Waals surface area (Å²) in [6, 6.07) is 3.11. The maximum absolute atomic E-state index is 12.1. The van der Waals surface area contributed by atoms with Crippen molar-refractivity contribution in [2.75, 3.05) is 5.32 Å². The smallest absolute Gasteiger partial charge is 0.246 e. The standard InChI is InChI=1S/C12H16N4OS/c1-7-11(8(2)16(3)15-7)14-12(17)10(13)9-5-4-6-18-9/h4-6,10H,13H2,1-3H3,(H,14,17). The third-order valence-electron chi connectivity index (χ3n) is 2.89. The zero-order chi connectivity index (χ0) is 13.3. The van der Waals surface area contributed by atoms with Gasteiger partial charge >= 0.3 is 0 Å². The fourth-order valence-corrected chi connectivity index (χ4v) is 2.48. The van der Waals surface area contributed by atoms with Gasteiger partial charge in [-0.05, 0) is 25.3 Å². The van der Waals surface area contributed by atoms with Crippen LogP contribution in [0.3, 0.4) is 0 Å². The van der Waals surface area contributed by atoms with Crippen LogP contribution in [-0.2, 0) is 11.8 Å². The molecule has 96 valence electrons. The molecule has 2 rings (SSSR count). The van der Waals surface area contributed by atoms with E-state index in [1.165, 1.54) is 11.3 Å². The summed E-state index contributed by atoms with van der Waals surface area (Å²) in [5.41, 5.74) is 8.36. The largest absolute Gasteiger partial charge is 0.321 e. The van der Waals surface area contributed by atoms with Crippen LogP contribution in [0.1, 0.15) is 22.3 Å². The minimum Gasteiger partial charge on any atom is -0.321 e. The Bertz CT molecular complexity index is 559. The third-order valence-corrected chi connectivity index (χ3v) is 3.84. The lowest BCUT2D eigenvalue weighted by Crippen LogP contribution is -2.27. The van der Waals surface area contributed by atoms with E-state index in [0.29, 0.717) is 0 Å². The zero-order valence-corrected chi connectivity index (χ0v) is 11.4. The molecule has 5 nitrogen and oxygen atoms in total. The first kappa shape index (κ1) is 12.8. The Kier molecular flexibility index (Phi) is 3.49. The number of thiophene rings is 1. The second-order valence-corrected chi connectivity index (χ2v) is 5.13. The molecule has 0 aromatic carbocycles. The number of aryl methyl sites for hydroxylation is 2. The minimum atomic E-state index is -0.635. The number of nitrogens with zero attached hydrogens (tertiary/aromatic N) is 2. The van der Waals surface area contributed by atoms with Gasteiger partial charge in [-0.15, -0.1) is 11.3 Å². The van der Waals surface area contributed by atoms with Gasteiger partial charge in [0.25, 0.3) is 0 Å². The SMILES string of the molecule is Cc1nn(C)c(C)c1NC(=O)C(N)c1cccs1. The van der Waals surface area contributed by atoms with Crippen LogP contribution >= 0.6 is 11.3 Å². The Morgan fingerprint density at radius 1 is 1.56 bits per heavy atom. The molecule has 2 aromatic heterocycles. The molecule has 1 atom stereocenters. The average molecular weight is 264 g/mol. The van der Waals surface area contributed by atoms with Crippen LogP contribution in [0.25, 0.3) is 0 Å². The van der Waals surface area contributed by atoms with Gasteiger partial charge in [0.1, 0.15) is 6.04 Å². The van der Waals surface area contributed by atoms with Crippen molar-refractivity contribution in [1.82, 2.24) is 9.78 Å². The van der Waals surface area contributed by atoms with Crippen LogP contribution in [0.15, 0.2) is 17.5 Å². The van der Waals surface area contributed by atoms with E-state index in [1.807, 2.05) is 38.4 Å². The average Bonchev–Trinajstić information content (AvgIpc) is 2.93. The minimum absolute atomic E-state index is 0.211. The van der Waals surface area contributed by atoms with Crippen LogP contribution in [0.4, 0.5) is 5.69 Å². The summed E-state index contributed by atoms with van der Waals surface area (Å²) >= 11 is 1.48. The molecule has 1 unspecified atom stereocenters. The molecule has 2 heterocycles. The van der Waals surface area contributed by atoms with Gasteiger partial charge in [-0.25, -0.2) is 0 Å². The molecule has 0 aliphatic carbocycles. The van der Waals surface area contributed by atoms with Gasteiger partial charge in [0.2, 0.25) is 5.91 Å². The van der Waals surface area contributed by atoms with Crippen LogP contribution in [0.2, 0.25) is 0 Å². The van der Waals surface area contributed by atoms with E-state index in [0.717, 1.165) is 22.0 Å². The maximum atomic E-state index is 12.1. The van der Waals surface area contributed by atoms with Crippen LogP contribution < -0.4 is 11.1 Å².